The Bertz CT molecular complexity index is 641. The summed E-state index contributed by atoms with van der Waals surface area (Å²) in [5.41, 5.74) is 0.826. The van der Waals surface area contributed by atoms with E-state index in [4.69, 9.17) is 14.6 Å². The molecule has 25 heavy (non-hydrogen) atoms. The summed E-state index contributed by atoms with van der Waals surface area (Å²) in [6.45, 7) is 5.75. The van der Waals surface area contributed by atoms with Crippen LogP contribution in [0, 0.1) is 5.92 Å². The zero-order valence-corrected chi connectivity index (χ0v) is 14.7. The Balaban J connectivity index is 2.06. The van der Waals surface area contributed by atoms with E-state index in [1.54, 1.807) is 11.0 Å². The molecule has 0 aliphatic carbocycles. The average Bonchev–Trinajstić information content (AvgIpc) is 2.62. The molecule has 0 bridgehead atoms. The van der Waals surface area contributed by atoms with Crippen molar-refractivity contribution in [2.24, 2.45) is 5.92 Å². The van der Waals surface area contributed by atoms with E-state index in [-0.39, 0.29) is 12.5 Å². The van der Waals surface area contributed by atoms with Gasteiger partial charge < -0.3 is 19.5 Å². The van der Waals surface area contributed by atoms with E-state index in [0.29, 0.717) is 44.1 Å². The van der Waals surface area contributed by atoms with Gasteiger partial charge in [0.15, 0.2) is 11.5 Å². The van der Waals surface area contributed by atoms with E-state index in [0.717, 1.165) is 5.56 Å². The number of hydrogen-bond acceptors (Lipinski definition) is 4. The van der Waals surface area contributed by atoms with Crippen LogP contribution in [0.5, 0.6) is 11.5 Å². The molecule has 136 valence electrons. The molecular weight excluding hydrogens is 322 g/mol. The Labute approximate surface area is 148 Å². The molecule has 1 amide bonds. The lowest BCUT2D eigenvalue weighted by Gasteiger charge is -2.29. The van der Waals surface area contributed by atoms with Crippen LogP contribution in [0.15, 0.2) is 24.3 Å². The maximum Gasteiger partial charge on any atom is 0.308 e. The number of piperidine rings is 1. The Morgan fingerprint density at radius 1 is 1.24 bits per heavy atom. The number of nitrogens with zero attached hydrogens (tertiary/aromatic N) is 1. The first kappa shape index (κ1) is 18.8. The molecule has 6 nitrogen and oxygen atoms in total. The molecule has 1 aliphatic heterocycles. The highest BCUT2D eigenvalue weighted by Gasteiger charge is 2.27. The lowest BCUT2D eigenvalue weighted by molar-refractivity contribution is -0.144. The summed E-state index contributed by atoms with van der Waals surface area (Å²) in [4.78, 5) is 25.0. The normalized spacial score (nSPS) is 17.5. The molecule has 1 aromatic rings. The number of carbonyl (C=O) groups is 2. The van der Waals surface area contributed by atoms with Gasteiger partial charge in [-0.15, -0.1) is 0 Å². The molecule has 0 spiro atoms. The maximum absolute atomic E-state index is 12.3. The predicted molar refractivity (Wildman–Crippen MR) is 94.8 cm³/mol. The van der Waals surface area contributed by atoms with Gasteiger partial charge in [0.25, 0.3) is 0 Å². The minimum absolute atomic E-state index is 0.169. The second kappa shape index (κ2) is 9.11. The van der Waals surface area contributed by atoms with E-state index < -0.39 is 11.9 Å². The maximum atomic E-state index is 12.3. The summed E-state index contributed by atoms with van der Waals surface area (Å²) in [5.74, 6) is -0.163. The number of amides is 1. The fraction of sp³-hybridized carbons (Fsp3) is 0.474. The Morgan fingerprint density at radius 2 is 1.96 bits per heavy atom. The molecular formula is C19H25NO5. The number of likely N-dealkylation sites (tertiary alicyclic amines) is 1. The first-order valence-corrected chi connectivity index (χ1v) is 8.64. The monoisotopic (exact) mass is 347 g/mol. The number of rotatable bonds is 7. The first-order valence-electron chi connectivity index (χ1n) is 8.64. The zero-order chi connectivity index (χ0) is 18.2. The predicted octanol–water partition coefficient (Wildman–Crippen LogP) is 2.82. The van der Waals surface area contributed by atoms with Crippen LogP contribution in [0.2, 0.25) is 0 Å². The smallest absolute Gasteiger partial charge is 0.308 e. The molecule has 0 saturated carbocycles. The van der Waals surface area contributed by atoms with Crippen molar-refractivity contribution in [2.75, 3.05) is 26.3 Å². The molecule has 1 fully saturated rings. The highest BCUT2D eigenvalue weighted by atomic mass is 16.5. The summed E-state index contributed by atoms with van der Waals surface area (Å²) in [6.07, 6.45) is 4.54. The molecule has 1 N–H and O–H groups in total. The number of carbonyl (C=O) groups excluding carboxylic acids is 1. The van der Waals surface area contributed by atoms with Crippen LogP contribution >= 0.6 is 0 Å². The third-order valence-corrected chi connectivity index (χ3v) is 4.07. The first-order chi connectivity index (χ1) is 12.0. The van der Waals surface area contributed by atoms with Crippen molar-refractivity contribution >= 4 is 18.0 Å². The largest absolute Gasteiger partial charge is 0.490 e. The molecule has 0 radical (unpaired) electrons. The van der Waals surface area contributed by atoms with Crippen LogP contribution in [0.3, 0.4) is 0 Å². The van der Waals surface area contributed by atoms with Gasteiger partial charge in [0, 0.05) is 19.2 Å². The minimum Gasteiger partial charge on any atom is -0.490 e. The van der Waals surface area contributed by atoms with Gasteiger partial charge in [0.2, 0.25) is 5.91 Å². The fourth-order valence-corrected chi connectivity index (χ4v) is 2.82. The van der Waals surface area contributed by atoms with Crippen LogP contribution in [0.25, 0.3) is 6.08 Å². The molecule has 6 heteroatoms. The second-order valence-electron chi connectivity index (χ2n) is 5.87. The van der Waals surface area contributed by atoms with Crippen molar-refractivity contribution in [1.82, 2.24) is 4.90 Å². The van der Waals surface area contributed by atoms with Crippen molar-refractivity contribution in [3.05, 3.63) is 29.8 Å². The molecule has 1 atom stereocenters. The number of ether oxygens (including phenoxy) is 2. The number of hydrogen-bond donors (Lipinski definition) is 1. The minimum atomic E-state index is -0.839. The molecule has 1 unspecified atom stereocenters. The number of aliphatic carboxylic acids is 1. The van der Waals surface area contributed by atoms with Crippen molar-refractivity contribution < 1.29 is 24.2 Å². The topological polar surface area (TPSA) is 76.1 Å². The Kier molecular flexibility index (Phi) is 6.86. The average molecular weight is 347 g/mol. The fourth-order valence-electron chi connectivity index (χ4n) is 2.82. The van der Waals surface area contributed by atoms with E-state index in [1.165, 1.54) is 6.08 Å². The molecule has 1 aliphatic rings. The number of carboxylic acid groups (broad SMARTS) is 1. The lowest BCUT2D eigenvalue weighted by Crippen LogP contribution is -2.41. The van der Waals surface area contributed by atoms with Gasteiger partial charge in [-0.1, -0.05) is 6.07 Å². The van der Waals surface area contributed by atoms with Crippen molar-refractivity contribution in [2.45, 2.75) is 26.7 Å². The van der Waals surface area contributed by atoms with Gasteiger partial charge in [0.1, 0.15) is 0 Å². The second-order valence-corrected chi connectivity index (χ2v) is 5.87. The molecule has 2 rings (SSSR count). The van der Waals surface area contributed by atoms with Gasteiger partial charge in [-0.2, -0.15) is 0 Å². The van der Waals surface area contributed by atoms with Gasteiger partial charge in [-0.25, -0.2) is 0 Å². The highest BCUT2D eigenvalue weighted by molar-refractivity contribution is 5.92. The highest BCUT2D eigenvalue weighted by Crippen LogP contribution is 2.29. The summed E-state index contributed by atoms with van der Waals surface area (Å²) in [7, 11) is 0. The van der Waals surface area contributed by atoms with E-state index in [9.17, 15) is 9.59 Å². The van der Waals surface area contributed by atoms with Crippen LogP contribution in [0.1, 0.15) is 32.3 Å². The van der Waals surface area contributed by atoms with Gasteiger partial charge in [-0.3, -0.25) is 9.59 Å². The van der Waals surface area contributed by atoms with Crippen LogP contribution in [-0.2, 0) is 9.59 Å². The van der Waals surface area contributed by atoms with E-state index >= 15 is 0 Å². The van der Waals surface area contributed by atoms with Gasteiger partial charge in [0.05, 0.1) is 19.1 Å². The summed E-state index contributed by atoms with van der Waals surface area (Å²) < 4.78 is 11.1. The standard InChI is InChI=1S/C19H25NO5/c1-3-24-16-9-7-14(12-17(16)25-4-2)8-10-18(21)20-11-5-6-15(13-20)19(22)23/h7-10,12,15H,3-6,11,13H2,1-2H3,(H,22,23)/b10-8+. The molecule has 1 saturated heterocycles. The Hall–Kier alpha value is -2.50. The van der Waals surface area contributed by atoms with Gasteiger partial charge in [-0.05, 0) is 50.5 Å². The van der Waals surface area contributed by atoms with Crippen LogP contribution < -0.4 is 9.47 Å². The third-order valence-electron chi connectivity index (χ3n) is 4.07. The number of benzene rings is 1. The van der Waals surface area contributed by atoms with Crippen molar-refractivity contribution in [3.8, 4) is 11.5 Å². The quantitative estimate of drug-likeness (QED) is 0.768. The van der Waals surface area contributed by atoms with E-state index in [2.05, 4.69) is 0 Å². The van der Waals surface area contributed by atoms with Crippen molar-refractivity contribution in [1.29, 1.82) is 0 Å². The summed E-state index contributed by atoms with van der Waals surface area (Å²) >= 11 is 0. The molecule has 1 heterocycles. The molecule has 0 aromatic heterocycles. The summed E-state index contributed by atoms with van der Waals surface area (Å²) in [6, 6.07) is 5.50. The molecule has 1 aromatic carbocycles. The zero-order valence-electron chi connectivity index (χ0n) is 14.7. The van der Waals surface area contributed by atoms with Crippen molar-refractivity contribution in [3.63, 3.8) is 0 Å². The lowest BCUT2D eigenvalue weighted by atomic mass is 9.98. The van der Waals surface area contributed by atoms with Crippen LogP contribution in [0.4, 0.5) is 0 Å². The third kappa shape index (κ3) is 5.24. The van der Waals surface area contributed by atoms with Crippen LogP contribution in [-0.4, -0.2) is 48.2 Å². The Morgan fingerprint density at radius 3 is 2.64 bits per heavy atom. The van der Waals surface area contributed by atoms with E-state index in [1.807, 2.05) is 32.0 Å². The van der Waals surface area contributed by atoms with Gasteiger partial charge >= 0.3 is 5.97 Å². The number of carboxylic acids is 1. The summed E-state index contributed by atoms with van der Waals surface area (Å²) in [5, 5.41) is 9.11. The SMILES string of the molecule is CCOc1ccc(/C=C/C(=O)N2CCCC(C(=O)O)C2)cc1OCC.